The Balaban J connectivity index is 1.37. The second kappa shape index (κ2) is 8.98. The van der Waals surface area contributed by atoms with Crippen molar-refractivity contribution in [2.24, 2.45) is 11.8 Å². The Hall–Kier alpha value is -2.15. The van der Waals surface area contributed by atoms with E-state index < -0.39 is 0 Å². The summed E-state index contributed by atoms with van der Waals surface area (Å²) in [5, 5.41) is 14.2. The predicted molar refractivity (Wildman–Crippen MR) is 99.2 cm³/mol. The molecule has 7 nitrogen and oxygen atoms in total. The van der Waals surface area contributed by atoms with Gasteiger partial charge in [0.1, 0.15) is 5.69 Å². The average molecular weight is 361 g/mol. The van der Waals surface area contributed by atoms with Crippen LogP contribution in [0.5, 0.6) is 0 Å². The summed E-state index contributed by atoms with van der Waals surface area (Å²) in [4.78, 5) is 25.1. The lowest BCUT2D eigenvalue weighted by Crippen LogP contribution is -2.41. The number of ether oxygens (including phenoxy) is 1. The minimum absolute atomic E-state index is 0.0126. The normalized spacial score (nSPS) is 17.9. The Morgan fingerprint density at radius 3 is 2.65 bits per heavy atom. The topological polar surface area (TPSA) is 84.7 Å². The number of para-hydroxylation sites is 2. The molecule has 7 heteroatoms. The molecule has 0 aromatic heterocycles. The number of rotatable bonds is 9. The second-order valence-electron chi connectivity index (χ2n) is 7.17. The highest BCUT2D eigenvalue weighted by Crippen LogP contribution is 2.31. The lowest BCUT2D eigenvalue weighted by molar-refractivity contribution is -0.384. The van der Waals surface area contributed by atoms with Crippen molar-refractivity contribution in [3.63, 3.8) is 0 Å². The van der Waals surface area contributed by atoms with Crippen LogP contribution in [0.2, 0.25) is 0 Å². The van der Waals surface area contributed by atoms with E-state index in [4.69, 9.17) is 4.74 Å². The molecule has 1 aliphatic carbocycles. The molecule has 1 aromatic rings. The summed E-state index contributed by atoms with van der Waals surface area (Å²) in [6.45, 7) is 3.53. The van der Waals surface area contributed by atoms with Crippen molar-refractivity contribution >= 4 is 17.3 Å². The first-order chi connectivity index (χ1) is 12.6. The fraction of sp³-hybridized carbons (Fsp3) is 0.632. The number of nitro groups is 1. The zero-order valence-electron chi connectivity index (χ0n) is 15.1. The number of carbonyl (C=O) groups is 1. The molecule has 2 aliphatic rings. The maximum absolute atomic E-state index is 12.3. The van der Waals surface area contributed by atoms with Crippen molar-refractivity contribution in [1.29, 1.82) is 0 Å². The largest absolute Gasteiger partial charge is 0.381 e. The van der Waals surface area contributed by atoms with Crippen molar-refractivity contribution in [1.82, 2.24) is 5.32 Å². The van der Waals surface area contributed by atoms with E-state index in [1.807, 2.05) is 11.0 Å². The average Bonchev–Trinajstić information content (AvgIpc) is 3.49. The van der Waals surface area contributed by atoms with Gasteiger partial charge in [0, 0.05) is 44.8 Å². The minimum atomic E-state index is -0.348. The van der Waals surface area contributed by atoms with Crippen LogP contribution in [-0.2, 0) is 9.53 Å². The van der Waals surface area contributed by atoms with Gasteiger partial charge < -0.3 is 15.0 Å². The number of amides is 1. The van der Waals surface area contributed by atoms with Crippen LogP contribution < -0.4 is 10.2 Å². The van der Waals surface area contributed by atoms with E-state index in [1.165, 1.54) is 18.9 Å². The number of nitrogens with one attached hydrogen (secondary N) is 1. The van der Waals surface area contributed by atoms with Crippen molar-refractivity contribution < 1.29 is 14.5 Å². The summed E-state index contributed by atoms with van der Waals surface area (Å²) in [6.07, 6.45) is 4.86. The van der Waals surface area contributed by atoms with Crippen LogP contribution >= 0.6 is 0 Å². The summed E-state index contributed by atoms with van der Waals surface area (Å²) < 4.78 is 5.57. The molecule has 0 spiro atoms. The van der Waals surface area contributed by atoms with Gasteiger partial charge in [-0.15, -0.1) is 0 Å². The van der Waals surface area contributed by atoms with Gasteiger partial charge in [-0.05, 0) is 44.1 Å². The third kappa shape index (κ3) is 5.17. The zero-order valence-corrected chi connectivity index (χ0v) is 15.1. The first kappa shape index (κ1) is 18.6. The van der Waals surface area contributed by atoms with Gasteiger partial charge in [-0.25, -0.2) is 0 Å². The number of nitro benzene ring substituents is 1. The lowest BCUT2D eigenvalue weighted by Gasteiger charge is -2.32. The molecular formula is C19H27N3O4. The van der Waals surface area contributed by atoms with E-state index in [-0.39, 0.29) is 22.4 Å². The Morgan fingerprint density at radius 2 is 1.96 bits per heavy atom. The van der Waals surface area contributed by atoms with E-state index >= 15 is 0 Å². The molecule has 1 aliphatic heterocycles. The fourth-order valence-corrected chi connectivity index (χ4v) is 3.33. The van der Waals surface area contributed by atoms with Crippen molar-refractivity contribution in [3.8, 4) is 0 Å². The van der Waals surface area contributed by atoms with E-state index in [0.717, 1.165) is 31.8 Å². The molecule has 26 heavy (non-hydrogen) atoms. The molecule has 142 valence electrons. The number of carbonyl (C=O) groups excluding carboxylic acids is 1. The van der Waals surface area contributed by atoms with E-state index in [9.17, 15) is 14.9 Å². The highest BCUT2D eigenvalue weighted by Gasteiger charge is 2.27. The van der Waals surface area contributed by atoms with Gasteiger partial charge in [-0.2, -0.15) is 0 Å². The van der Waals surface area contributed by atoms with Crippen LogP contribution in [0.4, 0.5) is 11.4 Å². The molecule has 0 atom stereocenters. The number of benzene rings is 1. The van der Waals surface area contributed by atoms with Crippen LogP contribution in [0.25, 0.3) is 0 Å². The Morgan fingerprint density at radius 1 is 1.23 bits per heavy atom. The number of hydrogen-bond donors (Lipinski definition) is 1. The van der Waals surface area contributed by atoms with Gasteiger partial charge in [0.05, 0.1) is 4.92 Å². The molecule has 1 saturated carbocycles. The Kier molecular flexibility index (Phi) is 6.44. The van der Waals surface area contributed by atoms with Gasteiger partial charge in [-0.3, -0.25) is 14.9 Å². The van der Waals surface area contributed by atoms with Crippen LogP contribution in [0, 0.1) is 22.0 Å². The summed E-state index contributed by atoms with van der Waals surface area (Å²) in [7, 11) is 0. The van der Waals surface area contributed by atoms with Crippen molar-refractivity contribution in [3.05, 3.63) is 34.4 Å². The Bertz CT molecular complexity index is 625. The summed E-state index contributed by atoms with van der Waals surface area (Å²) in [5.41, 5.74) is 0.769. The zero-order chi connectivity index (χ0) is 18.4. The van der Waals surface area contributed by atoms with Gasteiger partial charge >= 0.3 is 0 Å². The number of piperidine rings is 1. The molecule has 1 N–H and O–H groups in total. The molecule has 2 fully saturated rings. The molecule has 0 bridgehead atoms. The van der Waals surface area contributed by atoms with Crippen molar-refractivity contribution in [2.45, 2.75) is 32.1 Å². The highest BCUT2D eigenvalue weighted by atomic mass is 16.6. The number of nitrogens with zero attached hydrogens (tertiary/aromatic N) is 2. The van der Waals surface area contributed by atoms with Gasteiger partial charge in [0.15, 0.2) is 0 Å². The van der Waals surface area contributed by atoms with Crippen LogP contribution in [0.15, 0.2) is 24.3 Å². The Labute approximate surface area is 153 Å². The predicted octanol–water partition coefficient (Wildman–Crippen LogP) is 2.74. The van der Waals surface area contributed by atoms with Crippen LogP contribution in [0.3, 0.4) is 0 Å². The fourth-order valence-electron chi connectivity index (χ4n) is 3.33. The van der Waals surface area contributed by atoms with Crippen molar-refractivity contribution in [2.75, 3.05) is 37.7 Å². The molecule has 1 saturated heterocycles. The van der Waals surface area contributed by atoms with E-state index in [1.54, 1.807) is 12.1 Å². The molecule has 1 heterocycles. The monoisotopic (exact) mass is 361 g/mol. The minimum Gasteiger partial charge on any atom is -0.381 e. The molecule has 0 radical (unpaired) electrons. The highest BCUT2D eigenvalue weighted by molar-refractivity contribution is 5.79. The third-order valence-corrected chi connectivity index (χ3v) is 5.10. The maximum atomic E-state index is 12.3. The maximum Gasteiger partial charge on any atom is 0.292 e. The first-order valence-corrected chi connectivity index (χ1v) is 9.49. The smallest absolute Gasteiger partial charge is 0.292 e. The summed E-state index contributed by atoms with van der Waals surface area (Å²) >= 11 is 0. The first-order valence-electron chi connectivity index (χ1n) is 9.49. The SMILES string of the molecule is O=C(NCCCOCC1CC1)C1CCN(c2ccccc2[N+](=O)[O-])CC1. The third-order valence-electron chi connectivity index (χ3n) is 5.10. The molecule has 0 unspecified atom stereocenters. The van der Waals surface area contributed by atoms with E-state index in [0.29, 0.717) is 31.9 Å². The summed E-state index contributed by atoms with van der Waals surface area (Å²) in [6, 6.07) is 6.79. The molecule has 1 amide bonds. The molecule has 1 aromatic carbocycles. The quantitative estimate of drug-likeness (QED) is 0.415. The van der Waals surface area contributed by atoms with Gasteiger partial charge in [-0.1, -0.05) is 12.1 Å². The molecule has 3 rings (SSSR count). The van der Waals surface area contributed by atoms with Crippen LogP contribution in [0.1, 0.15) is 32.1 Å². The second-order valence-corrected chi connectivity index (χ2v) is 7.17. The van der Waals surface area contributed by atoms with Gasteiger partial charge in [0.25, 0.3) is 5.69 Å². The lowest BCUT2D eigenvalue weighted by atomic mass is 9.95. The summed E-state index contributed by atoms with van der Waals surface area (Å²) in [5.74, 6) is 0.853. The van der Waals surface area contributed by atoms with Gasteiger partial charge in [0.2, 0.25) is 5.91 Å². The van der Waals surface area contributed by atoms with Crippen LogP contribution in [-0.4, -0.2) is 43.7 Å². The molecular weight excluding hydrogens is 334 g/mol. The number of anilines is 1. The number of hydrogen-bond acceptors (Lipinski definition) is 5. The standard InChI is InChI=1S/C19H27N3O4/c23-19(20-10-3-13-26-14-15-6-7-15)16-8-11-21(12-9-16)17-4-1-2-5-18(17)22(24)25/h1-2,4-5,15-16H,3,6-14H2,(H,20,23). The van der Waals surface area contributed by atoms with E-state index in [2.05, 4.69) is 5.32 Å².